The first-order valence-electron chi connectivity index (χ1n) is 6.85. The number of hydrogen-bond acceptors (Lipinski definition) is 4. The molecule has 0 aliphatic heterocycles. The molecule has 106 valence electrons. The van der Waals surface area contributed by atoms with Gasteiger partial charge in [0.05, 0.1) is 13.2 Å². The predicted molar refractivity (Wildman–Crippen MR) is 69.9 cm³/mol. The van der Waals surface area contributed by atoms with Gasteiger partial charge in [-0.2, -0.15) is 5.26 Å². The van der Waals surface area contributed by atoms with Gasteiger partial charge in [0.25, 0.3) is 0 Å². The molecule has 1 aliphatic carbocycles. The van der Waals surface area contributed by atoms with Gasteiger partial charge in [-0.3, -0.25) is 4.79 Å². The molecule has 0 saturated heterocycles. The molecule has 1 N–H and O–H groups in total. The summed E-state index contributed by atoms with van der Waals surface area (Å²) in [5.41, 5.74) is 0. The lowest BCUT2D eigenvalue weighted by atomic mass is 9.88. The van der Waals surface area contributed by atoms with Crippen molar-refractivity contribution >= 4 is 11.9 Å². The van der Waals surface area contributed by atoms with Crippen LogP contribution in [-0.4, -0.2) is 25.0 Å². The first-order valence-corrected chi connectivity index (χ1v) is 6.85. The normalized spacial score (nSPS) is 19.0. The van der Waals surface area contributed by atoms with Gasteiger partial charge in [0.2, 0.25) is 5.91 Å². The molecule has 1 aliphatic rings. The van der Waals surface area contributed by atoms with Crippen molar-refractivity contribution in [1.82, 2.24) is 5.32 Å². The number of nitriles is 1. The number of amides is 1. The molecule has 0 aromatic carbocycles. The Balaban J connectivity index is 2.63. The van der Waals surface area contributed by atoms with Crippen LogP contribution in [0.3, 0.4) is 0 Å². The van der Waals surface area contributed by atoms with Crippen LogP contribution in [0, 0.1) is 23.2 Å². The van der Waals surface area contributed by atoms with E-state index in [1.165, 1.54) is 13.5 Å². The van der Waals surface area contributed by atoms with Gasteiger partial charge < -0.3 is 10.1 Å². The summed E-state index contributed by atoms with van der Waals surface area (Å²) in [6.07, 6.45) is 5.28. The fourth-order valence-electron chi connectivity index (χ4n) is 2.46. The first kappa shape index (κ1) is 15.5. The highest BCUT2D eigenvalue weighted by molar-refractivity contribution is 5.86. The number of carbonyl (C=O) groups is 2. The van der Waals surface area contributed by atoms with E-state index < -0.39 is 12.0 Å². The molecule has 1 saturated carbocycles. The number of rotatable bonds is 5. The second kappa shape index (κ2) is 7.78. The van der Waals surface area contributed by atoms with Crippen LogP contribution in [0.1, 0.15) is 45.4 Å². The van der Waals surface area contributed by atoms with Crippen molar-refractivity contribution in [2.45, 2.75) is 51.5 Å². The molecule has 1 rings (SSSR count). The molecule has 0 heterocycles. The third kappa shape index (κ3) is 4.55. The number of methoxy groups -OCH3 is 1. The molecule has 0 radical (unpaired) electrons. The van der Waals surface area contributed by atoms with Crippen LogP contribution in [0.15, 0.2) is 0 Å². The lowest BCUT2D eigenvalue weighted by Crippen LogP contribution is -2.48. The molecule has 0 aromatic heterocycles. The molecule has 1 fully saturated rings. The fourth-order valence-corrected chi connectivity index (χ4v) is 2.46. The molecule has 0 unspecified atom stereocenters. The SMILES string of the molecule is COC(=O)[C@@H](NC(=O)C1CCCCC1)[C@H](C)CC#N. The molecule has 2 atom stereocenters. The second-order valence-corrected chi connectivity index (χ2v) is 5.18. The molecular weight excluding hydrogens is 244 g/mol. The summed E-state index contributed by atoms with van der Waals surface area (Å²) in [5, 5.41) is 11.5. The van der Waals surface area contributed by atoms with Crippen LogP contribution in [0.2, 0.25) is 0 Å². The maximum atomic E-state index is 12.1. The first-order chi connectivity index (χ1) is 9.10. The van der Waals surface area contributed by atoms with Crippen LogP contribution in [0.5, 0.6) is 0 Å². The standard InChI is InChI=1S/C14H22N2O3/c1-10(8-9-15)12(14(18)19-2)16-13(17)11-6-4-3-5-7-11/h10-12H,3-8H2,1-2H3,(H,16,17)/t10-,12+/m1/s1. The zero-order chi connectivity index (χ0) is 14.3. The highest BCUT2D eigenvalue weighted by atomic mass is 16.5. The van der Waals surface area contributed by atoms with Crippen molar-refractivity contribution in [1.29, 1.82) is 5.26 Å². The largest absolute Gasteiger partial charge is 0.467 e. The summed E-state index contributed by atoms with van der Waals surface area (Å²) in [7, 11) is 1.29. The zero-order valence-electron chi connectivity index (χ0n) is 11.6. The van der Waals surface area contributed by atoms with Crippen molar-refractivity contribution in [3.63, 3.8) is 0 Å². The van der Waals surface area contributed by atoms with E-state index in [1.54, 1.807) is 6.92 Å². The summed E-state index contributed by atoms with van der Waals surface area (Å²) in [5.74, 6) is -0.813. The number of nitrogens with one attached hydrogen (secondary N) is 1. The Morgan fingerprint density at radius 3 is 2.53 bits per heavy atom. The average molecular weight is 266 g/mol. The van der Waals surface area contributed by atoms with Gasteiger partial charge in [0, 0.05) is 18.3 Å². The van der Waals surface area contributed by atoms with Gasteiger partial charge >= 0.3 is 5.97 Å². The topological polar surface area (TPSA) is 79.2 Å². The summed E-state index contributed by atoms with van der Waals surface area (Å²) in [4.78, 5) is 23.8. The lowest BCUT2D eigenvalue weighted by Gasteiger charge is -2.26. The van der Waals surface area contributed by atoms with E-state index in [2.05, 4.69) is 5.32 Å². The zero-order valence-corrected chi connectivity index (χ0v) is 11.6. The van der Waals surface area contributed by atoms with Gasteiger partial charge in [-0.1, -0.05) is 26.2 Å². The Morgan fingerprint density at radius 1 is 1.37 bits per heavy atom. The number of ether oxygens (including phenoxy) is 1. The molecule has 0 spiro atoms. The Kier molecular flexibility index (Phi) is 6.34. The maximum Gasteiger partial charge on any atom is 0.328 e. The van der Waals surface area contributed by atoms with Crippen molar-refractivity contribution < 1.29 is 14.3 Å². The molecule has 0 aromatic rings. The molecular formula is C14H22N2O3. The number of hydrogen-bond donors (Lipinski definition) is 1. The van der Waals surface area contributed by atoms with Crippen LogP contribution in [0.4, 0.5) is 0 Å². The molecule has 5 nitrogen and oxygen atoms in total. The smallest absolute Gasteiger partial charge is 0.328 e. The minimum atomic E-state index is -0.723. The summed E-state index contributed by atoms with van der Waals surface area (Å²) in [6.45, 7) is 1.77. The number of carbonyl (C=O) groups excluding carboxylic acids is 2. The Morgan fingerprint density at radius 2 is 2.00 bits per heavy atom. The second-order valence-electron chi connectivity index (χ2n) is 5.18. The minimum absolute atomic E-state index is 0.00445. The number of nitrogens with zero attached hydrogens (tertiary/aromatic N) is 1. The number of esters is 1. The van der Waals surface area contributed by atoms with E-state index in [9.17, 15) is 9.59 Å². The quantitative estimate of drug-likeness (QED) is 0.769. The fraction of sp³-hybridized carbons (Fsp3) is 0.786. The lowest BCUT2D eigenvalue weighted by molar-refractivity contribution is -0.147. The maximum absolute atomic E-state index is 12.1. The van der Waals surface area contributed by atoms with Gasteiger partial charge in [-0.25, -0.2) is 4.79 Å². The van der Waals surface area contributed by atoms with Crippen LogP contribution in [0.25, 0.3) is 0 Å². The van der Waals surface area contributed by atoms with Crippen molar-refractivity contribution in [3.8, 4) is 6.07 Å². The van der Waals surface area contributed by atoms with Gasteiger partial charge in [-0.15, -0.1) is 0 Å². The van der Waals surface area contributed by atoms with E-state index in [-0.39, 0.29) is 24.2 Å². The highest BCUT2D eigenvalue weighted by Gasteiger charge is 2.30. The summed E-state index contributed by atoms with van der Waals surface area (Å²) in [6, 6.07) is 1.30. The van der Waals surface area contributed by atoms with Crippen LogP contribution in [-0.2, 0) is 14.3 Å². The summed E-state index contributed by atoms with van der Waals surface area (Å²) >= 11 is 0. The molecule has 0 bridgehead atoms. The predicted octanol–water partition coefficient (Wildman–Crippen LogP) is 1.77. The molecule has 1 amide bonds. The molecule has 5 heteroatoms. The van der Waals surface area contributed by atoms with E-state index in [4.69, 9.17) is 10.00 Å². The third-order valence-electron chi connectivity index (χ3n) is 3.71. The van der Waals surface area contributed by atoms with Gasteiger partial charge in [0.1, 0.15) is 6.04 Å². The Bertz CT molecular complexity index is 356. The van der Waals surface area contributed by atoms with E-state index in [0.717, 1.165) is 25.7 Å². The summed E-state index contributed by atoms with van der Waals surface area (Å²) < 4.78 is 4.70. The van der Waals surface area contributed by atoms with Crippen LogP contribution >= 0.6 is 0 Å². The highest BCUT2D eigenvalue weighted by Crippen LogP contribution is 2.24. The van der Waals surface area contributed by atoms with Gasteiger partial charge in [-0.05, 0) is 12.8 Å². The monoisotopic (exact) mass is 266 g/mol. The Hall–Kier alpha value is -1.57. The molecule has 19 heavy (non-hydrogen) atoms. The van der Waals surface area contributed by atoms with E-state index >= 15 is 0 Å². The third-order valence-corrected chi connectivity index (χ3v) is 3.71. The average Bonchev–Trinajstić information content (AvgIpc) is 2.44. The van der Waals surface area contributed by atoms with E-state index in [1.807, 2.05) is 6.07 Å². The van der Waals surface area contributed by atoms with Crippen molar-refractivity contribution in [2.75, 3.05) is 7.11 Å². The Labute approximate surface area is 114 Å². The van der Waals surface area contributed by atoms with Crippen molar-refractivity contribution in [2.24, 2.45) is 11.8 Å². The minimum Gasteiger partial charge on any atom is -0.467 e. The van der Waals surface area contributed by atoms with Gasteiger partial charge in [0.15, 0.2) is 0 Å². The van der Waals surface area contributed by atoms with Crippen LogP contribution < -0.4 is 5.32 Å². The van der Waals surface area contributed by atoms with Crippen molar-refractivity contribution in [3.05, 3.63) is 0 Å². The van der Waals surface area contributed by atoms with E-state index in [0.29, 0.717) is 0 Å².